The van der Waals surface area contributed by atoms with E-state index < -0.39 is 0 Å². The van der Waals surface area contributed by atoms with Crippen molar-refractivity contribution in [3.05, 3.63) is 0 Å². The van der Waals surface area contributed by atoms with Crippen LogP contribution in [0.5, 0.6) is 0 Å². The first-order chi connectivity index (χ1) is 4.20. The lowest BCUT2D eigenvalue weighted by Crippen LogP contribution is -2.04. The molecule has 0 saturated heterocycles. The minimum atomic E-state index is -0.363. The van der Waals surface area contributed by atoms with Crippen LogP contribution in [0.15, 0.2) is 0 Å². The highest BCUT2D eigenvalue weighted by Gasteiger charge is 2.06. The third-order valence-electron chi connectivity index (χ3n) is 0.552. The topological polar surface area (TPSA) is 86.2 Å². The molecule has 9 heavy (non-hydrogen) atoms. The minimum absolute atomic E-state index is 0.192. The van der Waals surface area contributed by atoms with Crippen LogP contribution in [-0.4, -0.2) is 10.2 Å². The number of carbonyl (C=O) groups excluding carboxylic acids is 2. The molecule has 0 unspecified atom stereocenters. The van der Waals surface area contributed by atoms with Gasteiger partial charge in [0.05, 0.1) is 6.42 Å². The van der Waals surface area contributed by atoms with Gasteiger partial charge in [-0.05, 0) is 23.9 Å². The zero-order chi connectivity index (χ0) is 7.28. The van der Waals surface area contributed by atoms with Crippen molar-refractivity contribution in [3.8, 4) is 0 Å². The van der Waals surface area contributed by atoms with Gasteiger partial charge < -0.3 is 0 Å². The van der Waals surface area contributed by atoms with Gasteiger partial charge in [0.25, 0.3) is 0 Å². The number of carbonyl (C=O) groups is 2. The Morgan fingerprint density at radius 1 is 1.11 bits per heavy atom. The molecule has 0 aromatic heterocycles. The SMILES string of the molecule is NSC(=O)CC(=O)SN. The maximum Gasteiger partial charge on any atom is 0.211 e. The average Bonchev–Trinajstić information content (AvgIpc) is 1.87. The third kappa shape index (κ3) is 4.46. The summed E-state index contributed by atoms with van der Waals surface area (Å²) < 4.78 is 0. The van der Waals surface area contributed by atoms with E-state index in [4.69, 9.17) is 10.3 Å². The molecule has 0 aromatic rings. The average molecular weight is 166 g/mol. The van der Waals surface area contributed by atoms with Crippen molar-refractivity contribution in [1.29, 1.82) is 0 Å². The fourth-order valence-corrected chi connectivity index (χ4v) is 0.721. The summed E-state index contributed by atoms with van der Waals surface area (Å²) in [6.45, 7) is 0. The molecule has 0 atom stereocenters. The molecule has 52 valence electrons. The number of hydrogen-bond donors (Lipinski definition) is 2. The van der Waals surface area contributed by atoms with Gasteiger partial charge in [0.2, 0.25) is 10.2 Å². The summed E-state index contributed by atoms with van der Waals surface area (Å²) in [7, 11) is 0. The molecule has 0 bridgehead atoms. The molecule has 4 nitrogen and oxygen atoms in total. The molecule has 0 heterocycles. The Bertz CT molecular complexity index is 113. The van der Waals surface area contributed by atoms with Gasteiger partial charge in [0.1, 0.15) is 0 Å². The maximum atomic E-state index is 10.3. The van der Waals surface area contributed by atoms with Crippen molar-refractivity contribution >= 4 is 34.1 Å². The normalized spacial score (nSPS) is 9.11. The molecule has 0 radical (unpaired) electrons. The monoisotopic (exact) mass is 166 g/mol. The first kappa shape index (κ1) is 8.96. The smallest absolute Gasteiger partial charge is 0.211 e. The molecule has 4 N–H and O–H groups in total. The molecule has 0 saturated carbocycles. The van der Waals surface area contributed by atoms with E-state index in [-0.39, 0.29) is 16.7 Å². The van der Waals surface area contributed by atoms with Crippen molar-refractivity contribution < 1.29 is 9.59 Å². The predicted molar refractivity (Wildman–Crippen MR) is 38.2 cm³/mol. The summed E-state index contributed by atoms with van der Waals surface area (Å²) in [4.78, 5) is 20.7. The second-order valence-corrected chi connectivity index (χ2v) is 2.54. The standard InChI is InChI=1S/C3H6N2O2S2/c4-8-2(6)1-3(7)9-5/h1,4-5H2. The highest BCUT2D eigenvalue weighted by Crippen LogP contribution is 2.01. The van der Waals surface area contributed by atoms with E-state index in [1.165, 1.54) is 0 Å². The molecule has 6 heteroatoms. The number of hydrogen-bond acceptors (Lipinski definition) is 6. The van der Waals surface area contributed by atoms with E-state index >= 15 is 0 Å². The van der Waals surface area contributed by atoms with Gasteiger partial charge in [-0.1, -0.05) is 0 Å². The van der Waals surface area contributed by atoms with Crippen molar-refractivity contribution in [2.45, 2.75) is 6.42 Å². The molecule has 0 aliphatic heterocycles. The van der Waals surface area contributed by atoms with Crippen LogP contribution in [0.25, 0.3) is 0 Å². The highest BCUT2D eigenvalue weighted by atomic mass is 32.2. The van der Waals surface area contributed by atoms with Gasteiger partial charge in [-0.2, -0.15) is 0 Å². The van der Waals surface area contributed by atoms with E-state index in [0.29, 0.717) is 23.9 Å². The molecular weight excluding hydrogens is 160 g/mol. The predicted octanol–water partition coefficient (Wildman–Crippen LogP) is -0.356. The Kier molecular flexibility index (Phi) is 4.78. The van der Waals surface area contributed by atoms with E-state index in [9.17, 15) is 9.59 Å². The van der Waals surface area contributed by atoms with E-state index in [1.54, 1.807) is 0 Å². The van der Waals surface area contributed by atoms with Crippen molar-refractivity contribution in [2.75, 3.05) is 0 Å². The molecule has 0 aliphatic rings. The largest absolute Gasteiger partial charge is 0.285 e. The van der Waals surface area contributed by atoms with Crippen LogP contribution < -0.4 is 10.3 Å². The number of nitrogens with two attached hydrogens (primary N) is 2. The quantitative estimate of drug-likeness (QED) is 0.430. The zero-order valence-electron chi connectivity index (χ0n) is 4.49. The minimum Gasteiger partial charge on any atom is -0.285 e. The van der Waals surface area contributed by atoms with E-state index in [2.05, 4.69) is 0 Å². The van der Waals surface area contributed by atoms with Gasteiger partial charge in [-0.25, -0.2) is 0 Å². The molecule has 0 rings (SSSR count). The maximum absolute atomic E-state index is 10.3. The van der Waals surface area contributed by atoms with Crippen LogP contribution in [0, 0.1) is 0 Å². The summed E-state index contributed by atoms with van der Waals surface area (Å²) in [5.41, 5.74) is 0. The van der Waals surface area contributed by atoms with Crippen molar-refractivity contribution in [2.24, 2.45) is 10.3 Å². The van der Waals surface area contributed by atoms with Gasteiger partial charge in [0.15, 0.2) is 0 Å². The Balaban J connectivity index is 3.47. The van der Waals surface area contributed by atoms with Crippen LogP contribution in [0.3, 0.4) is 0 Å². The summed E-state index contributed by atoms with van der Waals surface area (Å²) in [5, 5.41) is 8.95. The highest BCUT2D eigenvalue weighted by molar-refractivity contribution is 8.13. The summed E-state index contributed by atoms with van der Waals surface area (Å²) in [6, 6.07) is 0. The second kappa shape index (κ2) is 4.80. The Labute approximate surface area is 61.0 Å². The zero-order valence-corrected chi connectivity index (χ0v) is 6.13. The second-order valence-electron chi connectivity index (χ2n) is 1.16. The van der Waals surface area contributed by atoms with E-state index in [1.807, 2.05) is 0 Å². The van der Waals surface area contributed by atoms with Crippen LogP contribution in [0.1, 0.15) is 6.42 Å². The molecule has 0 fully saturated rings. The van der Waals surface area contributed by atoms with Crippen LogP contribution in [0.4, 0.5) is 0 Å². The molecule has 0 aliphatic carbocycles. The lowest BCUT2D eigenvalue weighted by Gasteiger charge is -1.89. The molecule has 0 amide bonds. The third-order valence-corrected chi connectivity index (χ3v) is 1.37. The molecular formula is C3H6N2O2S2. The van der Waals surface area contributed by atoms with Gasteiger partial charge in [0, 0.05) is 0 Å². The van der Waals surface area contributed by atoms with E-state index in [0.717, 1.165) is 0 Å². The van der Waals surface area contributed by atoms with Crippen LogP contribution in [-0.2, 0) is 9.59 Å². The van der Waals surface area contributed by atoms with Crippen molar-refractivity contribution in [1.82, 2.24) is 0 Å². The Morgan fingerprint density at radius 3 is 1.67 bits per heavy atom. The molecule has 0 spiro atoms. The van der Waals surface area contributed by atoms with Crippen LogP contribution >= 0.6 is 23.9 Å². The Morgan fingerprint density at radius 2 is 1.44 bits per heavy atom. The van der Waals surface area contributed by atoms with Gasteiger partial charge in [-0.3, -0.25) is 19.9 Å². The fraction of sp³-hybridized carbons (Fsp3) is 0.333. The lowest BCUT2D eigenvalue weighted by atomic mass is 10.5. The Hall–Kier alpha value is -0.0400. The fourth-order valence-electron chi connectivity index (χ4n) is 0.201. The van der Waals surface area contributed by atoms with Gasteiger partial charge in [-0.15, -0.1) is 0 Å². The molecule has 0 aromatic carbocycles. The lowest BCUT2D eigenvalue weighted by molar-refractivity contribution is -0.117. The first-order valence-electron chi connectivity index (χ1n) is 2.00. The summed E-state index contributed by atoms with van der Waals surface area (Å²) in [5.74, 6) is 0. The number of rotatable bonds is 2. The van der Waals surface area contributed by atoms with Crippen LogP contribution in [0.2, 0.25) is 0 Å². The first-order valence-corrected chi connectivity index (χ1v) is 3.75. The summed E-state index contributed by atoms with van der Waals surface area (Å²) in [6.07, 6.45) is -0.192. The van der Waals surface area contributed by atoms with Gasteiger partial charge >= 0.3 is 0 Å². The van der Waals surface area contributed by atoms with Crippen molar-refractivity contribution in [3.63, 3.8) is 0 Å². The summed E-state index contributed by atoms with van der Waals surface area (Å²) >= 11 is 1.08.